The molecule has 4 nitrogen and oxygen atoms in total. The number of nitrogens with one attached hydrogen (secondary N) is 1. The third-order valence-corrected chi connectivity index (χ3v) is 4.81. The predicted molar refractivity (Wildman–Crippen MR) is 68.8 cm³/mol. The molecule has 0 saturated heterocycles. The average Bonchev–Trinajstić information content (AvgIpc) is 2.95. The van der Waals surface area contributed by atoms with Crippen LogP contribution in [-0.4, -0.2) is 26.3 Å². The minimum Gasteiger partial charge on any atom is -0.381 e. The molecule has 0 heterocycles. The lowest BCUT2D eigenvalue weighted by Gasteiger charge is -2.07. The van der Waals surface area contributed by atoms with Gasteiger partial charge in [0.05, 0.1) is 10.6 Å². The third-order valence-electron chi connectivity index (χ3n) is 2.88. The van der Waals surface area contributed by atoms with E-state index in [-0.39, 0.29) is 11.8 Å². The summed E-state index contributed by atoms with van der Waals surface area (Å²) in [6.45, 7) is 1.86. The average molecular weight is 254 g/mol. The van der Waals surface area contributed by atoms with Gasteiger partial charge in [0.15, 0.2) is 9.84 Å². The normalized spacial score (nSPS) is 23.4. The fourth-order valence-corrected chi connectivity index (χ4v) is 3.06. The predicted octanol–water partition coefficient (Wildman–Crippen LogP) is 1.38. The van der Waals surface area contributed by atoms with Gasteiger partial charge in [-0.2, -0.15) is 0 Å². The van der Waals surface area contributed by atoms with Crippen LogP contribution in [0.2, 0.25) is 0 Å². The Labute approximate surface area is 102 Å². The number of hydrogen-bond acceptors (Lipinski definition) is 4. The maximum atomic E-state index is 11.8. The zero-order chi connectivity index (χ0) is 12.5. The van der Waals surface area contributed by atoms with Gasteiger partial charge in [-0.05, 0) is 37.1 Å². The maximum absolute atomic E-state index is 11.8. The van der Waals surface area contributed by atoms with Crippen molar-refractivity contribution in [3.8, 4) is 0 Å². The summed E-state index contributed by atoms with van der Waals surface area (Å²) in [4.78, 5) is 0.394. The van der Waals surface area contributed by atoms with Crippen LogP contribution in [0.15, 0.2) is 29.2 Å². The molecule has 1 aliphatic rings. The number of anilines is 1. The van der Waals surface area contributed by atoms with Crippen molar-refractivity contribution in [1.82, 2.24) is 0 Å². The molecule has 0 spiro atoms. The zero-order valence-electron chi connectivity index (χ0n) is 9.89. The highest BCUT2D eigenvalue weighted by Gasteiger charge is 2.33. The van der Waals surface area contributed by atoms with E-state index in [1.165, 1.54) is 0 Å². The minimum absolute atomic E-state index is 0.202. The van der Waals surface area contributed by atoms with Crippen LogP contribution in [0.25, 0.3) is 0 Å². The van der Waals surface area contributed by atoms with Crippen molar-refractivity contribution in [1.29, 1.82) is 0 Å². The summed E-state index contributed by atoms with van der Waals surface area (Å²) in [6, 6.07) is 7.48. The number of nitrogens with two attached hydrogens (primary N) is 1. The fraction of sp³-hybridized carbons (Fsp3) is 0.500. The molecular weight excluding hydrogens is 236 g/mol. The van der Waals surface area contributed by atoms with E-state index < -0.39 is 9.84 Å². The Morgan fingerprint density at radius 3 is 2.41 bits per heavy atom. The molecule has 0 radical (unpaired) electrons. The molecule has 1 saturated carbocycles. The molecule has 2 unspecified atom stereocenters. The van der Waals surface area contributed by atoms with Gasteiger partial charge in [0, 0.05) is 17.8 Å². The summed E-state index contributed by atoms with van der Waals surface area (Å²) < 4.78 is 23.6. The molecule has 2 rings (SSSR count). The lowest BCUT2D eigenvalue weighted by Crippen LogP contribution is -2.13. The van der Waals surface area contributed by atoms with Crippen LogP contribution in [0.4, 0.5) is 5.69 Å². The first kappa shape index (κ1) is 12.4. The highest BCUT2D eigenvalue weighted by atomic mass is 32.2. The molecule has 17 heavy (non-hydrogen) atoms. The first-order chi connectivity index (χ1) is 8.03. The van der Waals surface area contributed by atoms with Gasteiger partial charge < -0.3 is 11.1 Å². The summed E-state index contributed by atoms with van der Waals surface area (Å²) >= 11 is 0. The highest BCUT2D eigenvalue weighted by molar-refractivity contribution is 7.91. The fourth-order valence-electron chi connectivity index (χ4n) is 1.74. The standard InChI is InChI=1S/C12H18N2O2S/c1-2-7-17(15,16)10-5-3-9(4-6-10)14-12-8-11(12)13/h3-6,11-12,14H,2,7-8,13H2,1H3. The van der Waals surface area contributed by atoms with Crippen LogP contribution in [0.3, 0.4) is 0 Å². The third kappa shape index (κ3) is 2.98. The van der Waals surface area contributed by atoms with Crippen molar-refractivity contribution in [3.05, 3.63) is 24.3 Å². The molecule has 5 heteroatoms. The van der Waals surface area contributed by atoms with Gasteiger partial charge in [-0.25, -0.2) is 8.42 Å². The summed E-state index contributed by atoms with van der Waals surface area (Å²) in [7, 11) is -3.10. The van der Waals surface area contributed by atoms with Crippen LogP contribution in [0, 0.1) is 0 Å². The van der Waals surface area contributed by atoms with Crippen LogP contribution >= 0.6 is 0 Å². The van der Waals surface area contributed by atoms with E-state index in [1.807, 2.05) is 6.92 Å². The van der Waals surface area contributed by atoms with Crippen LogP contribution in [-0.2, 0) is 9.84 Å². The smallest absolute Gasteiger partial charge is 0.178 e. The number of hydrogen-bond donors (Lipinski definition) is 2. The second kappa shape index (κ2) is 4.66. The van der Waals surface area contributed by atoms with Gasteiger partial charge in [0.25, 0.3) is 0 Å². The van der Waals surface area contributed by atoms with Gasteiger partial charge in [-0.1, -0.05) is 6.92 Å². The molecule has 0 aliphatic heterocycles. The Balaban J connectivity index is 2.07. The van der Waals surface area contributed by atoms with E-state index in [1.54, 1.807) is 24.3 Å². The van der Waals surface area contributed by atoms with Crippen LogP contribution in [0.1, 0.15) is 19.8 Å². The lowest BCUT2D eigenvalue weighted by molar-refractivity contribution is 0.595. The van der Waals surface area contributed by atoms with E-state index in [9.17, 15) is 8.42 Å². The number of sulfone groups is 1. The van der Waals surface area contributed by atoms with Crippen molar-refractivity contribution in [3.63, 3.8) is 0 Å². The first-order valence-electron chi connectivity index (χ1n) is 5.88. The SMILES string of the molecule is CCCS(=O)(=O)c1ccc(NC2CC2N)cc1. The van der Waals surface area contributed by atoms with Gasteiger partial charge in [-0.3, -0.25) is 0 Å². The Morgan fingerprint density at radius 2 is 1.94 bits per heavy atom. The Hall–Kier alpha value is -1.07. The molecule has 94 valence electrons. The number of rotatable bonds is 5. The van der Waals surface area contributed by atoms with E-state index >= 15 is 0 Å². The van der Waals surface area contributed by atoms with Crippen molar-refractivity contribution in [2.24, 2.45) is 5.73 Å². The van der Waals surface area contributed by atoms with E-state index in [0.29, 0.717) is 17.4 Å². The van der Waals surface area contributed by atoms with Crippen molar-refractivity contribution in [2.45, 2.75) is 36.7 Å². The Morgan fingerprint density at radius 1 is 1.35 bits per heavy atom. The van der Waals surface area contributed by atoms with Crippen molar-refractivity contribution < 1.29 is 8.42 Å². The Bertz CT molecular complexity index is 482. The van der Waals surface area contributed by atoms with Crippen molar-refractivity contribution >= 4 is 15.5 Å². The molecule has 0 bridgehead atoms. The summed E-state index contributed by atoms with van der Waals surface area (Å²) in [5, 5.41) is 3.26. The Kier molecular flexibility index (Phi) is 3.40. The molecule has 1 aliphatic carbocycles. The molecule has 3 N–H and O–H groups in total. The summed E-state index contributed by atoms with van der Waals surface area (Å²) in [5.41, 5.74) is 6.62. The van der Waals surface area contributed by atoms with E-state index in [4.69, 9.17) is 5.73 Å². The monoisotopic (exact) mass is 254 g/mol. The summed E-state index contributed by atoms with van der Waals surface area (Å²) in [6.07, 6.45) is 1.62. The lowest BCUT2D eigenvalue weighted by atomic mass is 10.3. The van der Waals surface area contributed by atoms with E-state index in [0.717, 1.165) is 12.1 Å². The van der Waals surface area contributed by atoms with Crippen LogP contribution in [0.5, 0.6) is 0 Å². The van der Waals surface area contributed by atoms with Crippen molar-refractivity contribution in [2.75, 3.05) is 11.1 Å². The topological polar surface area (TPSA) is 72.2 Å². The highest BCUT2D eigenvalue weighted by Crippen LogP contribution is 2.24. The van der Waals surface area contributed by atoms with Gasteiger partial charge in [0.1, 0.15) is 0 Å². The first-order valence-corrected chi connectivity index (χ1v) is 7.53. The molecule has 1 fully saturated rings. The quantitative estimate of drug-likeness (QED) is 0.832. The zero-order valence-corrected chi connectivity index (χ0v) is 10.7. The van der Waals surface area contributed by atoms with Gasteiger partial charge in [0.2, 0.25) is 0 Å². The summed E-state index contributed by atoms with van der Waals surface area (Å²) in [5.74, 6) is 0.202. The largest absolute Gasteiger partial charge is 0.381 e. The molecule has 0 aromatic heterocycles. The van der Waals surface area contributed by atoms with E-state index in [2.05, 4.69) is 5.32 Å². The van der Waals surface area contributed by atoms with Gasteiger partial charge >= 0.3 is 0 Å². The molecular formula is C12H18N2O2S. The van der Waals surface area contributed by atoms with Gasteiger partial charge in [-0.15, -0.1) is 0 Å². The molecule has 2 atom stereocenters. The molecule has 0 amide bonds. The molecule has 1 aromatic rings. The second-order valence-corrected chi connectivity index (χ2v) is 6.60. The maximum Gasteiger partial charge on any atom is 0.178 e. The van der Waals surface area contributed by atoms with Crippen LogP contribution < -0.4 is 11.1 Å². The number of benzene rings is 1. The molecule has 1 aromatic carbocycles. The minimum atomic E-state index is -3.10. The second-order valence-electron chi connectivity index (χ2n) is 4.49.